The molecular weight excluding hydrogens is 188 g/mol. The fourth-order valence-electron chi connectivity index (χ4n) is 2.05. The van der Waals surface area contributed by atoms with Gasteiger partial charge in [-0.25, -0.2) is 0 Å². The summed E-state index contributed by atoms with van der Waals surface area (Å²) in [4.78, 5) is 11.5. The van der Waals surface area contributed by atoms with Gasteiger partial charge in [0.2, 0.25) is 0 Å². The van der Waals surface area contributed by atoms with Crippen molar-refractivity contribution in [3.8, 4) is 5.75 Å². The second-order valence-electron chi connectivity index (χ2n) is 4.25. The molecule has 0 saturated heterocycles. The molecule has 80 valence electrons. The Morgan fingerprint density at radius 2 is 2.07 bits per heavy atom. The largest absolute Gasteiger partial charge is 0.496 e. The number of ketones is 1. The number of carbonyl (C=O) groups is 1. The zero-order valence-corrected chi connectivity index (χ0v) is 9.46. The summed E-state index contributed by atoms with van der Waals surface area (Å²) >= 11 is 0. The molecule has 0 aromatic heterocycles. The molecule has 0 bridgehead atoms. The SMILES string of the molecule is COc1cc(C2CC2)cc(C)c1C(C)=O. The zero-order chi connectivity index (χ0) is 11.0. The Morgan fingerprint density at radius 3 is 2.53 bits per heavy atom. The first-order valence-electron chi connectivity index (χ1n) is 5.33. The van der Waals surface area contributed by atoms with E-state index in [1.165, 1.54) is 18.4 Å². The van der Waals surface area contributed by atoms with Crippen LogP contribution in [-0.2, 0) is 0 Å². The van der Waals surface area contributed by atoms with Crippen LogP contribution >= 0.6 is 0 Å². The molecule has 1 aromatic rings. The van der Waals surface area contributed by atoms with Gasteiger partial charge in [-0.05, 0) is 49.8 Å². The monoisotopic (exact) mass is 204 g/mol. The van der Waals surface area contributed by atoms with Crippen molar-refractivity contribution in [2.75, 3.05) is 7.11 Å². The predicted molar refractivity (Wildman–Crippen MR) is 59.7 cm³/mol. The van der Waals surface area contributed by atoms with Gasteiger partial charge in [0.25, 0.3) is 0 Å². The van der Waals surface area contributed by atoms with Crippen molar-refractivity contribution < 1.29 is 9.53 Å². The highest BCUT2D eigenvalue weighted by Crippen LogP contribution is 2.42. The van der Waals surface area contributed by atoms with Gasteiger partial charge in [0.1, 0.15) is 5.75 Å². The van der Waals surface area contributed by atoms with Crippen LogP contribution < -0.4 is 4.74 Å². The van der Waals surface area contributed by atoms with Crippen molar-refractivity contribution in [2.45, 2.75) is 32.6 Å². The molecule has 0 spiro atoms. The molecule has 15 heavy (non-hydrogen) atoms. The van der Waals surface area contributed by atoms with E-state index >= 15 is 0 Å². The van der Waals surface area contributed by atoms with Crippen LogP contribution in [0, 0.1) is 6.92 Å². The molecule has 0 unspecified atom stereocenters. The van der Waals surface area contributed by atoms with Gasteiger partial charge in [0.15, 0.2) is 5.78 Å². The van der Waals surface area contributed by atoms with Gasteiger partial charge in [-0.15, -0.1) is 0 Å². The van der Waals surface area contributed by atoms with E-state index in [9.17, 15) is 4.79 Å². The summed E-state index contributed by atoms with van der Waals surface area (Å²) in [6.45, 7) is 3.56. The van der Waals surface area contributed by atoms with Crippen molar-refractivity contribution in [1.29, 1.82) is 0 Å². The lowest BCUT2D eigenvalue weighted by Gasteiger charge is -2.11. The highest BCUT2D eigenvalue weighted by atomic mass is 16.5. The standard InChI is InChI=1S/C13H16O2/c1-8-6-11(10-4-5-10)7-12(15-3)13(8)9(2)14/h6-7,10H,4-5H2,1-3H3. The van der Waals surface area contributed by atoms with Gasteiger partial charge in [-0.3, -0.25) is 4.79 Å². The normalized spacial score (nSPS) is 15.1. The summed E-state index contributed by atoms with van der Waals surface area (Å²) in [5.74, 6) is 1.50. The summed E-state index contributed by atoms with van der Waals surface area (Å²) in [6, 6.07) is 4.14. The second-order valence-corrected chi connectivity index (χ2v) is 4.25. The number of rotatable bonds is 3. The summed E-state index contributed by atoms with van der Waals surface area (Å²) in [7, 11) is 1.62. The molecule has 2 heteroatoms. The molecule has 0 N–H and O–H groups in total. The van der Waals surface area contributed by atoms with Crippen molar-refractivity contribution >= 4 is 5.78 Å². The Bertz CT molecular complexity index is 403. The molecule has 1 fully saturated rings. The topological polar surface area (TPSA) is 26.3 Å². The molecule has 0 amide bonds. The maximum atomic E-state index is 11.5. The number of aryl methyl sites for hydroxylation is 1. The molecule has 1 saturated carbocycles. The highest BCUT2D eigenvalue weighted by Gasteiger charge is 2.25. The minimum absolute atomic E-state index is 0.0756. The summed E-state index contributed by atoms with van der Waals surface area (Å²) in [5, 5.41) is 0. The molecule has 0 aliphatic heterocycles. The first-order chi connectivity index (χ1) is 7.13. The lowest BCUT2D eigenvalue weighted by Crippen LogP contribution is -2.02. The smallest absolute Gasteiger partial charge is 0.163 e. The molecule has 1 aromatic carbocycles. The van der Waals surface area contributed by atoms with E-state index in [1.807, 2.05) is 13.0 Å². The first kappa shape index (κ1) is 10.2. The number of benzene rings is 1. The highest BCUT2D eigenvalue weighted by molar-refractivity contribution is 5.98. The second kappa shape index (κ2) is 3.69. The third-order valence-corrected chi connectivity index (χ3v) is 2.94. The van der Waals surface area contributed by atoms with E-state index in [0.29, 0.717) is 5.92 Å². The molecule has 0 heterocycles. The lowest BCUT2D eigenvalue weighted by molar-refractivity contribution is 0.101. The predicted octanol–water partition coefficient (Wildman–Crippen LogP) is 3.08. The average molecular weight is 204 g/mol. The fraction of sp³-hybridized carbons (Fsp3) is 0.462. The van der Waals surface area contributed by atoms with Gasteiger partial charge in [0.05, 0.1) is 12.7 Å². The number of Topliss-reactive ketones (excluding diaryl/α,β-unsaturated/α-hetero) is 1. The van der Waals surface area contributed by atoms with E-state index < -0.39 is 0 Å². The van der Waals surface area contributed by atoms with Crippen LogP contribution in [0.5, 0.6) is 5.75 Å². The van der Waals surface area contributed by atoms with Crippen molar-refractivity contribution in [3.63, 3.8) is 0 Å². The van der Waals surface area contributed by atoms with E-state index in [1.54, 1.807) is 14.0 Å². The minimum Gasteiger partial charge on any atom is -0.496 e. The molecule has 0 atom stereocenters. The van der Waals surface area contributed by atoms with Crippen LogP contribution in [0.1, 0.15) is 47.2 Å². The van der Waals surface area contributed by atoms with E-state index in [-0.39, 0.29) is 5.78 Å². The number of hydrogen-bond donors (Lipinski definition) is 0. The van der Waals surface area contributed by atoms with Crippen LogP contribution in [0.3, 0.4) is 0 Å². The van der Waals surface area contributed by atoms with Gasteiger partial charge >= 0.3 is 0 Å². The van der Waals surface area contributed by atoms with Gasteiger partial charge < -0.3 is 4.74 Å². The average Bonchev–Trinajstić information content (AvgIpc) is 2.98. The molecule has 1 aliphatic carbocycles. The Kier molecular flexibility index (Phi) is 2.51. The van der Waals surface area contributed by atoms with Crippen LogP contribution in [-0.4, -0.2) is 12.9 Å². The van der Waals surface area contributed by atoms with Crippen LogP contribution in [0.2, 0.25) is 0 Å². The molecule has 0 radical (unpaired) electrons. The maximum Gasteiger partial charge on any atom is 0.163 e. The third kappa shape index (κ3) is 1.89. The molecule has 1 aliphatic rings. The quantitative estimate of drug-likeness (QED) is 0.707. The number of carbonyl (C=O) groups excluding carboxylic acids is 1. The Labute approximate surface area is 90.3 Å². The molecule has 2 rings (SSSR count). The van der Waals surface area contributed by atoms with E-state index in [2.05, 4.69) is 6.07 Å². The maximum absolute atomic E-state index is 11.5. The fourth-order valence-corrected chi connectivity index (χ4v) is 2.05. The van der Waals surface area contributed by atoms with Gasteiger partial charge in [-0.2, -0.15) is 0 Å². The Balaban J connectivity index is 2.50. The minimum atomic E-state index is 0.0756. The van der Waals surface area contributed by atoms with Crippen LogP contribution in [0.25, 0.3) is 0 Å². The number of hydrogen-bond acceptors (Lipinski definition) is 2. The number of methoxy groups -OCH3 is 1. The number of ether oxygens (including phenoxy) is 1. The van der Waals surface area contributed by atoms with Crippen molar-refractivity contribution in [1.82, 2.24) is 0 Å². The third-order valence-electron chi connectivity index (χ3n) is 2.94. The first-order valence-corrected chi connectivity index (χ1v) is 5.33. The van der Waals surface area contributed by atoms with E-state index in [0.717, 1.165) is 16.9 Å². The lowest BCUT2D eigenvalue weighted by atomic mass is 9.99. The van der Waals surface area contributed by atoms with Crippen molar-refractivity contribution in [3.05, 3.63) is 28.8 Å². The Morgan fingerprint density at radius 1 is 1.40 bits per heavy atom. The summed E-state index contributed by atoms with van der Waals surface area (Å²) in [6.07, 6.45) is 2.53. The summed E-state index contributed by atoms with van der Waals surface area (Å²) < 4.78 is 5.29. The summed E-state index contributed by atoms with van der Waals surface area (Å²) in [5.41, 5.74) is 3.07. The molecule has 2 nitrogen and oxygen atoms in total. The zero-order valence-electron chi connectivity index (χ0n) is 9.46. The molecular formula is C13H16O2. The van der Waals surface area contributed by atoms with Crippen molar-refractivity contribution in [2.24, 2.45) is 0 Å². The van der Waals surface area contributed by atoms with E-state index in [4.69, 9.17) is 4.74 Å². The Hall–Kier alpha value is -1.31. The van der Waals surface area contributed by atoms with Gasteiger partial charge in [-0.1, -0.05) is 6.07 Å². The van der Waals surface area contributed by atoms with Gasteiger partial charge in [0, 0.05) is 0 Å². The van der Waals surface area contributed by atoms with Crippen LogP contribution in [0.4, 0.5) is 0 Å². The van der Waals surface area contributed by atoms with Crippen LogP contribution in [0.15, 0.2) is 12.1 Å².